The van der Waals surface area contributed by atoms with Crippen molar-refractivity contribution in [2.45, 2.75) is 13.5 Å². The van der Waals surface area contributed by atoms with Gasteiger partial charge in [-0.25, -0.2) is 8.78 Å². The lowest BCUT2D eigenvalue weighted by Gasteiger charge is -2.12. The maximum absolute atomic E-state index is 13.5. The van der Waals surface area contributed by atoms with Gasteiger partial charge >= 0.3 is 0 Å². The first-order chi connectivity index (χ1) is 12.0. The van der Waals surface area contributed by atoms with Crippen LogP contribution in [0.1, 0.15) is 11.1 Å². The van der Waals surface area contributed by atoms with E-state index in [1.165, 1.54) is 30.3 Å². The summed E-state index contributed by atoms with van der Waals surface area (Å²) in [6.45, 7) is 2.06. The van der Waals surface area contributed by atoms with E-state index >= 15 is 0 Å². The lowest BCUT2D eigenvalue weighted by atomic mass is 10.1. The molecule has 0 unspecified atom stereocenters. The van der Waals surface area contributed by atoms with Gasteiger partial charge in [0.15, 0.2) is 5.96 Å². The fourth-order valence-corrected chi connectivity index (χ4v) is 2.06. The minimum absolute atomic E-state index is 0.0146. The maximum Gasteiger partial charge on any atom is 0.243 e. The van der Waals surface area contributed by atoms with Crippen molar-refractivity contribution < 1.29 is 13.6 Å². The van der Waals surface area contributed by atoms with Gasteiger partial charge in [-0.3, -0.25) is 9.79 Å². The molecule has 2 aromatic rings. The van der Waals surface area contributed by atoms with Crippen LogP contribution in [-0.2, 0) is 11.3 Å². The molecule has 1 amide bonds. The third kappa shape index (κ3) is 5.87. The number of hydrogen-bond acceptors (Lipinski definition) is 2. The highest BCUT2D eigenvalue weighted by molar-refractivity contribution is 5.94. The summed E-state index contributed by atoms with van der Waals surface area (Å²) in [6, 6.07) is 10.5. The van der Waals surface area contributed by atoms with E-state index in [1.807, 2.05) is 6.07 Å². The zero-order chi connectivity index (χ0) is 18.2. The molecule has 0 heterocycles. The number of guanidine groups is 1. The maximum atomic E-state index is 13.5. The first kappa shape index (κ1) is 18.4. The van der Waals surface area contributed by atoms with E-state index in [4.69, 9.17) is 0 Å². The molecule has 132 valence electrons. The van der Waals surface area contributed by atoms with E-state index in [-0.39, 0.29) is 24.1 Å². The van der Waals surface area contributed by atoms with Gasteiger partial charge in [0.25, 0.3) is 0 Å². The number of amides is 1. The molecule has 0 saturated carbocycles. The Morgan fingerprint density at radius 1 is 1.08 bits per heavy atom. The number of aryl methyl sites for hydroxylation is 1. The van der Waals surface area contributed by atoms with Crippen LogP contribution in [0.2, 0.25) is 0 Å². The van der Waals surface area contributed by atoms with Crippen LogP contribution in [0.4, 0.5) is 14.5 Å². The van der Waals surface area contributed by atoms with E-state index in [1.54, 1.807) is 20.0 Å². The molecule has 0 fully saturated rings. The molecule has 0 spiro atoms. The predicted molar refractivity (Wildman–Crippen MR) is 94.4 cm³/mol. The molecule has 3 N–H and O–H groups in total. The van der Waals surface area contributed by atoms with Crippen LogP contribution >= 0.6 is 0 Å². The van der Waals surface area contributed by atoms with Crippen molar-refractivity contribution in [3.8, 4) is 0 Å². The van der Waals surface area contributed by atoms with Crippen molar-refractivity contribution >= 4 is 17.6 Å². The molecule has 0 bridgehead atoms. The number of halogens is 2. The zero-order valence-corrected chi connectivity index (χ0v) is 14.1. The molecule has 0 atom stereocenters. The minimum atomic E-state index is -0.367. The van der Waals surface area contributed by atoms with Crippen molar-refractivity contribution in [3.63, 3.8) is 0 Å². The van der Waals surface area contributed by atoms with Crippen LogP contribution in [0.3, 0.4) is 0 Å². The molecule has 25 heavy (non-hydrogen) atoms. The molecule has 0 saturated heterocycles. The second-order valence-electron chi connectivity index (χ2n) is 5.42. The van der Waals surface area contributed by atoms with E-state index in [0.717, 1.165) is 5.56 Å². The molecular weight excluding hydrogens is 326 g/mol. The van der Waals surface area contributed by atoms with Gasteiger partial charge in [0.1, 0.15) is 11.6 Å². The van der Waals surface area contributed by atoms with Crippen molar-refractivity contribution in [1.29, 1.82) is 0 Å². The number of nitrogens with one attached hydrogen (secondary N) is 3. The van der Waals surface area contributed by atoms with Gasteiger partial charge in [0.2, 0.25) is 5.91 Å². The quantitative estimate of drug-likeness (QED) is 0.576. The van der Waals surface area contributed by atoms with E-state index in [9.17, 15) is 13.6 Å². The second kappa shape index (κ2) is 8.77. The van der Waals surface area contributed by atoms with E-state index in [0.29, 0.717) is 23.8 Å². The fraction of sp³-hybridized carbons (Fsp3) is 0.222. The van der Waals surface area contributed by atoms with E-state index < -0.39 is 0 Å². The Hall–Kier alpha value is -2.96. The van der Waals surface area contributed by atoms with Crippen molar-refractivity contribution in [1.82, 2.24) is 10.6 Å². The summed E-state index contributed by atoms with van der Waals surface area (Å²) in [6.07, 6.45) is 0. The van der Waals surface area contributed by atoms with Crippen LogP contribution in [0.15, 0.2) is 47.5 Å². The Morgan fingerprint density at radius 3 is 2.44 bits per heavy atom. The number of anilines is 1. The van der Waals surface area contributed by atoms with Crippen LogP contribution in [0.5, 0.6) is 0 Å². The highest BCUT2D eigenvalue weighted by Gasteiger charge is 2.05. The number of aliphatic imine (C=N–C) groups is 1. The topological polar surface area (TPSA) is 65.5 Å². The first-order valence-electron chi connectivity index (χ1n) is 7.73. The molecule has 0 aliphatic rings. The van der Waals surface area contributed by atoms with Crippen LogP contribution in [-0.4, -0.2) is 25.5 Å². The minimum Gasteiger partial charge on any atom is -0.352 e. The molecule has 0 radical (unpaired) electrons. The number of carbonyl (C=O) groups is 1. The Labute approximate surface area is 145 Å². The summed E-state index contributed by atoms with van der Waals surface area (Å²) in [5.41, 5.74) is 1.86. The van der Waals surface area contributed by atoms with Crippen molar-refractivity contribution in [3.05, 3.63) is 65.2 Å². The summed E-state index contributed by atoms with van der Waals surface area (Å²) in [5.74, 6) is -0.514. The van der Waals surface area contributed by atoms with Gasteiger partial charge in [-0.1, -0.05) is 12.1 Å². The SMILES string of the molecule is CN=C(NCC(=O)Nc1ccc(F)cc1)NCc1ccc(C)c(F)c1. The largest absolute Gasteiger partial charge is 0.352 e. The average molecular weight is 346 g/mol. The molecule has 2 aromatic carbocycles. The van der Waals surface area contributed by atoms with E-state index in [2.05, 4.69) is 20.9 Å². The number of nitrogens with zero attached hydrogens (tertiary/aromatic N) is 1. The Balaban J connectivity index is 1.80. The monoisotopic (exact) mass is 346 g/mol. The molecular formula is C18H20F2N4O. The predicted octanol–water partition coefficient (Wildman–Crippen LogP) is 2.58. The zero-order valence-electron chi connectivity index (χ0n) is 14.1. The summed E-state index contributed by atoms with van der Waals surface area (Å²) in [4.78, 5) is 15.9. The van der Waals surface area contributed by atoms with Gasteiger partial charge < -0.3 is 16.0 Å². The van der Waals surface area contributed by atoms with Crippen LogP contribution in [0, 0.1) is 18.6 Å². The van der Waals surface area contributed by atoms with Crippen LogP contribution < -0.4 is 16.0 Å². The molecule has 0 aliphatic heterocycles. The van der Waals surface area contributed by atoms with Gasteiger partial charge in [-0.05, 0) is 48.4 Å². The van der Waals surface area contributed by atoms with Gasteiger partial charge in [-0.2, -0.15) is 0 Å². The lowest BCUT2D eigenvalue weighted by Crippen LogP contribution is -2.41. The normalized spacial score (nSPS) is 11.1. The molecule has 2 rings (SSSR count). The summed E-state index contributed by atoms with van der Waals surface area (Å²) in [5, 5.41) is 8.49. The summed E-state index contributed by atoms with van der Waals surface area (Å²) >= 11 is 0. The number of hydrogen-bond donors (Lipinski definition) is 3. The molecule has 0 aliphatic carbocycles. The Kier molecular flexibility index (Phi) is 6.45. The van der Waals surface area contributed by atoms with Crippen molar-refractivity contribution in [2.24, 2.45) is 4.99 Å². The fourth-order valence-electron chi connectivity index (χ4n) is 2.06. The molecule has 0 aromatic heterocycles. The summed E-state index contributed by atoms with van der Waals surface area (Å²) in [7, 11) is 1.57. The Morgan fingerprint density at radius 2 is 1.80 bits per heavy atom. The third-order valence-electron chi connectivity index (χ3n) is 3.46. The molecule has 5 nitrogen and oxygen atoms in total. The standard InChI is InChI=1S/C18H20F2N4O/c1-12-3-4-13(9-16(12)20)10-22-18(21-2)23-11-17(25)24-15-7-5-14(19)6-8-15/h3-9H,10-11H2,1-2H3,(H,24,25)(H2,21,22,23). The number of carbonyl (C=O) groups excluding carboxylic acids is 1. The first-order valence-corrected chi connectivity index (χ1v) is 7.73. The summed E-state index contributed by atoms with van der Waals surface area (Å²) < 4.78 is 26.3. The third-order valence-corrected chi connectivity index (χ3v) is 3.46. The number of benzene rings is 2. The smallest absolute Gasteiger partial charge is 0.243 e. The number of rotatable bonds is 5. The van der Waals surface area contributed by atoms with Gasteiger partial charge in [0, 0.05) is 19.3 Å². The highest BCUT2D eigenvalue weighted by Crippen LogP contribution is 2.09. The van der Waals surface area contributed by atoms with Gasteiger partial charge in [0.05, 0.1) is 6.54 Å². The highest BCUT2D eigenvalue weighted by atomic mass is 19.1. The lowest BCUT2D eigenvalue weighted by molar-refractivity contribution is -0.115. The van der Waals surface area contributed by atoms with Crippen molar-refractivity contribution in [2.75, 3.05) is 18.9 Å². The van der Waals surface area contributed by atoms with Gasteiger partial charge in [-0.15, -0.1) is 0 Å². The average Bonchev–Trinajstić information content (AvgIpc) is 2.60. The Bertz CT molecular complexity index is 760. The van der Waals surface area contributed by atoms with Crippen LogP contribution in [0.25, 0.3) is 0 Å². The second-order valence-corrected chi connectivity index (χ2v) is 5.42. The molecule has 7 heteroatoms.